The number of allylic oxidation sites excluding steroid dienone is 3. The average molecular weight is 190 g/mol. The fraction of sp³-hybridized carbons (Fsp3) is 0.250. The molecule has 0 radical (unpaired) electrons. The quantitative estimate of drug-likeness (QED) is 0.287. The smallest absolute Gasteiger partial charge is 0.331 e. The van der Waals surface area contributed by atoms with Gasteiger partial charge in [0.25, 0.3) is 0 Å². The second kappa shape index (κ2) is 9.34. The van der Waals surface area contributed by atoms with Gasteiger partial charge in [-0.3, -0.25) is 0 Å². The van der Waals surface area contributed by atoms with Crippen LogP contribution < -0.4 is 0 Å². The molecule has 0 aliphatic rings. The van der Waals surface area contributed by atoms with Crippen LogP contribution in [0, 0.1) is 11.8 Å². The van der Waals surface area contributed by atoms with Crippen LogP contribution in [-0.4, -0.2) is 12.6 Å². The lowest BCUT2D eigenvalue weighted by Gasteiger charge is -1.94. The summed E-state index contributed by atoms with van der Waals surface area (Å²) in [4.78, 5) is 10.9. The van der Waals surface area contributed by atoms with Crippen LogP contribution in [0.5, 0.6) is 0 Å². The Kier molecular flexibility index (Phi) is 8.17. The Morgan fingerprint density at radius 1 is 1.50 bits per heavy atom. The minimum absolute atomic E-state index is 0.288. The van der Waals surface area contributed by atoms with Crippen LogP contribution in [0.4, 0.5) is 0 Å². The molecule has 0 spiro atoms. The first kappa shape index (κ1) is 12.2. The number of hydrogen-bond acceptors (Lipinski definition) is 2. The standard InChI is InChI=1S/C12H14O2/c1-3-5-7-9-11-14-12(13)10-8-6-4-2/h3,7-10H,1,5,11H2,2H3/b9-7-,10-8-. The fourth-order valence-corrected chi connectivity index (χ4v) is 0.632. The highest BCUT2D eigenvalue weighted by Crippen LogP contribution is 1.86. The minimum atomic E-state index is -0.379. The number of carbonyl (C=O) groups excluding carboxylic acids is 1. The lowest BCUT2D eigenvalue weighted by atomic mass is 10.4. The summed E-state index contributed by atoms with van der Waals surface area (Å²) in [6.07, 6.45) is 8.99. The zero-order valence-electron chi connectivity index (χ0n) is 8.32. The Morgan fingerprint density at radius 2 is 2.29 bits per heavy atom. The highest BCUT2D eigenvalue weighted by molar-refractivity contribution is 5.82. The van der Waals surface area contributed by atoms with Crippen molar-refractivity contribution in [3.8, 4) is 11.8 Å². The largest absolute Gasteiger partial charge is 0.458 e. The van der Waals surface area contributed by atoms with Gasteiger partial charge in [0.2, 0.25) is 0 Å². The van der Waals surface area contributed by atoms with Crippen molar-refractivity contribution in [1.29, 1.82) is 0 Å². The van der Waals surface area contributed by atoms with Crippen molar-refractivity contribution in [2.45, 2.75) is 13.3 Å². The summed E-state index contributed by atoms with van der Waals surface area (Å²) in [6, 6.07) is 0. The van der Waals surface area contributed by atoms with Crippen molar-refractivity contribution in [3.63, 3.8) is 0 Å². The highest BCUT2D eigenvalue weighted by atomic mass is 16.5. The monoisotopic (exact) mass is 190 g/mol. The molecule has 0 bridgehead atoms. The van der Waals surface area contributed by atoms with Crippen LogP contribution in [-0.2, 0) is 9.53 Å². The summed E-state index contributed by atoms with van der Waals surface area (Å²) in [7, 11) is 0. The third-order valence-electron chi connectivity index (χ3n) is 1.24. The second-order valence-electron chi connectivity index (χ2n) is 2.35. The number of rotatable bonds is 5. The lowest BCUT2D eigenvalue weighted by molar-refractivity contribution is -0.136. The predicted molar refractivity (Wildman–Crippen MR) is 57.5 cm³/mol. The zero-order chi connectivity index (χ0) is 10.6. The molecule has 0 amide bonds. The van der Waals surface area contributed by atoms with E-state index in [2.05, 4.69) is 18.4 Å². The molecule has 14 heavy (non-hydrogen) atoms. The Bertz CT molecular complexity index is 287. The molecule has 0 aromatic carbocycles. The molecule has 0 saturated heterocycles. The molecule has 0 heterocycles. The van der Waals surface area contributed by atoms with E-state index >= 15 is 0 Å². The molecule has 0 atom stereocenters. The molecule has 0 aliphatic heterocycles. The van der Waals surface area contributed by atoms with Gasteiger partial charge in [-0.1, -0.05) is 24.1 Å². The molecule has 74 valence electrons. The van der Waals surface area contributed by atoms with Gasteiger partial charge in [0.1, 0.15) is 6.61 Å². The van der Waals surface area contributed by atoms with Crippen LogP contribution >= 0.6 is 0 Å². The summed E-state index contributed by atoms with van der Waals surface area (Å²) in [5, 5.41) is 0. The Labute approximate surface area is 85.0 Å². The van der Waals surface area contributed by atoms with Gasteiger partial charge in [-0.2, -0.15) is 0 Å². The molecule has 0 aliphatic carbocycles. The van der Waals surface area contributed by atoms with Crippen LogP contribution in [0.25, 0.3) is 0 Å². The van der Waals surface area contributed by atoms with E-state index in [0.717, 1.165) is 6.42 Å². The number of esters is 1. The number of hydrogen-bond donors (Lipinski definition) is 0. The fourth-order valence-electron chi connectivity index (χ4n) is 0.632. The van der Waals surface area contributed by atoms with Gasteiger partial charge in [0, 0.05) is 6.08 Å². The number of ether oxygens (including phenoxy) is 1. The maximum Gasteiger partial charge on any atom is 0.331 e. The molecule has 0 aromatic heterocycles. The first-order valence-electron chi connectivity index (χ1n) is 4.32. The molecule has 0 unspecified atom stereocenters. The first-order chi connectivity index (χ1) is 6.81. The van der Waals surface area contributed by atoms with Gasteiger partial charge in [0.05, 0.1) is 0 Å². The summed E-state index contributed by atoms with van der Waals surface area (Å²) < 4.78 is 4.82. The molecule has 2 heteroatoms. The molecular weight excluding hydrogens is 176 g/mol. The minimum Gasteiger partial charge on any atom is -0.458 e. The van der Waals surface area contributed by atoms with E-state index < -0.39 is 0 Å². The van der Waals surface area contributed by atoms with E-state index in [0.29, 0.717) is 0 Å². The molecular formula is C12H14O2. The number of carbonyl (C=O) groups is 1. The molecule has 0 saturated carbocycles. The van der Waals surface area contributed by atoms with E-state index in [1.165, 1.54) is 12.2 Å². The summed E-state index contributed by atoms with van der Waals surface area (Å²) >= 11 is 0. The molecule has 0 fully saturated rings. The van der Waals surface area contributed by atoms with Crippen molar-refractivity contribution in [1.82, 2.24) is 0 Å². The van der Waals surface area contributed by atoms with Gasteiger partial charge in [0.15, 0.2) is 0 Å². The summed E-state index contributed by atoms with van der Waals surface area (Å²) in [6.45, 7) is 5.55. The Morgan fingerprint density at radius 3 is 2.93 bits per heavy atom. The van der Waals surface area contributed by atoms with Gasteiger partial charge in [-0.25, -0.2) is 4.79 Å². The lowest BCUT2D eigenvalue weighted by Crippen LogP contribution is -1.99. The summed E-state index contributed by atoms with van der Waals surface area (Å²) in [5.41, 5.74) is 0. The van der Waals surface area contributed by atoms with Gasteiger partial charge in [-0.15, -0.1) is 12.5 Å². The average Bonchev–Trinajstić information content (AvgIpc) is 2.18. The molecule has 0 N–H and O–H groups in total. The maximum atomic E-state index is 10.9. The molecule has 0 rings (SSSR count). The van der Waals surface area contributed by atoms with E-state index in [1.807, 2.05) is 6.08 Å². The van der Waals surface area contributed by atoms with Crippen molar-refractivity contribution < 1.29 is 9.53 Å². The third-order valence-corrected chi connectivity index (χ3v) is 1.24. The van der Waals surface area contributed by atoms with Crippen molar-refractivity contribution in [2.75, 3.05) is 6.61 Å². The van der Waals surface area contributed by atoms with Crippen molar-refractivity contribution >= 4 is 5.97 Å². The third kappa shape index (κ3) is 8.35. The van der Waals surface area contributed by atoms with Crippen LogP contribution in [0.15, 0.2) is 37.0 Å². The van der Waals surface area contributed by atoms with Gasteiger partial charge >= 0.3 is 5.97 Å². The van der Waals surface area contributed by atoms with Crippen LogP contribution in [0.1, 0.15) is 13.3 Å². The SMILES string of the molecule is C=CC/C=C\COC(=O)/C=C\C#CC. The summed E-state index contributed by atoms with van der Waals surface area (Å²) in [5.74, 6) is 4.89. The topological polar surface area (TPSA) is 26.3 Å². The normalized spacial score (nSPS) is 9.79. The zero-order valence-corrected chi connectivity index (χ0v) is 8.32. The van der Waals surface area contributed by atoms with Gasteiger partial charge < -0.3 is 4.74 Å². The van der Waals surface area contributed by atoms with Crippen LogP contribution in [0.2, 0.25) is 0 Å². The second-order valence-corrected chi connectivity index (χ2v) is 2.35. The van der Waals surface area contributed by atoms with Crippen LogP contribution in [0.3, 0.4) is 0 Å². The predicted octanol–water partition coefficient (Wildman–Crippen LogP) is 2.24. The van der Waals surface area contributed by atoms with Gasteiger partial charge in [-0.05, 0) is 19.4 Å². The molecule has 0 aromatic rings. The van der Waals surface area contributed by atoms with Crippen molar-refractivity contribution in [3.05, 3.63) is 37.0 Å². The molecule has 2 nitrogen and oxygen atoms in total. The first-order valence-corrected chi connectivity index (χ1v) is 4.32. The Balaban J connectivity index is 3.62. The Hall–Kier alpha value is -1.75. The van der Waals surface area contributed by atoms with E-state index in [1.54, 1.807) is 19.1 Å². The van der Waals surface area contributed by atoms with Crippen molar-refractivity contribution in [2.24, 2.45) is 0 Å². The maximum absolute atomic E-state index is 10.9. The van der Waals surface area contributed by atoms with E-state index in [-0.39, 0.29) is 12.6 Å². The van der Waals surface area contributed by atoms with E-state index in [9.17, 15) is 4.79 Å². The van der Waals surface area contributed by atoms with E-state index in [4.69, 9.17) is 4.74 Å². The highest BCUT2D eigenvalue weighted by Gasteiger charge is 1.91.